The first-order valence-electron chi connectivity index (χ1n) is 8.88. The first-order valence-corrected chi connectivity index (χ1v) is 9.95. The molecule has 2 heterocycles. The van der Waals surface area contributed by atoms with Gasteiger partial charge in [-0.1, -0.05) is 27.7 Å². The van der Waals surface area contributed by atoms with E-state index in [9.17, 15) is 14.7 Å². The van der Waals surface area contributed by atoms with Crippen LogP contribution in [-0.4, -0.2) is 64.8 Å². The van der Waals surface area contributed by atoms with Gasteiger partial charge in [-0.25, -0.2) is 14.8 Å². The summed E-state index contributed by atoms with van der Waals surface area (Å²) in [6, 6.07) is -0.167. The van der Waals surface area contributed by atoms with Crippen LogP contribution in [0.4, 0.5) is 10.6 Å². The van der Waals surface area contributed by atoms with E-state index in [0.29, 0.717) is 19.6 Å². The van der Waals surface area contributed by atoms with Crippen molar-refractivity contribution in [3.63, 3.8) is 0 Å². The number of methoxy groups -OCH3 is 1. The topological polar surface area (TPSA) is 95.9 Å². The molecule has 1 fully saturated rings. The molecule has 9 heteroatoms. The van der Waals surface area contributed by atoms with Gasteiger partial charge in [0, 0.05) is 25.2 Å². The zero-order valence-corrected chi connectivity index (χ0v) is 18.6. The van der Waals surface area contributed by atoms with Crippen LogP contribution in [-0.2, 0) is 9.53 Å². The third kappa shape index (κ3) is 4.99. The van der Waals surface area contributed by atoms with Crippen molar-refractivity contribution in [2.24, 2.45) is 5.41 Å². The molecule has 27 heavy (non-hydrogen) atoms. The lowest BCUT2D eigenvalue weighted by Crippen LogP contribution is -2.59. The zero-order chi connectivity index (χ0) is 20.4. The number of carbonyl (C=O) groups is 2. The molecule has 1 N–H and O–H groups in total. The second kappa shape index (κ2) is 8.57. The normalized spacial score (nSPS) is 19.0. The standard InChI is InChI=1S/C18H27IN4O4/c1-11(8-13(24)27-5)14-15(19)20-10-21-16(14)22-6-7-23(17(25)26)12(9-22)18(2,3)4/h10-12H,6-9H2,1-5H3,(H,25,26)/t11?,12-/m0/s1. The van der Waals surface area contributed by atoms with Crippen LogP contribution >= 0.6 is 22.6 Å². The number of rotatable bonds is 4. The average Bonchev–Trinajstić information content (AvgIpc) is 2.59. The number of piperazine rings is 1. The van der Waals surface area contributed by atoms with Gasteiger partial charge in [0.05, 0.1) is 19.6 Å². The van der Waals surface area contributed by atoms with Gasteiger partial charge in [-0.05, 0) is 33.9 Å². The Bertz CT molecular complexity index is 707. The van der Waals surface area contributed by atoms with Crippen molar-refractivity contribution >= 4 is 40.5 Å². The maximum absolute atomic E-state index is 11.7. The first-order chi connectivity index (χ1) is 12.6. The van der Waals surface area contributed by atoms with Crippen molar-refractivity contribution in [3.05, 3.63) is 15.6 Å². The summed E-state index contributed by atoms with van der Waals surface area (Å²) in [4.78, 5) is 35.8. The SMILES string of the molecule is COC(=O)CC(C)c1c(I)ncnc1N1CCN(C(=O)O)[C@H](C(C)(C)C)C1. The highest BCUT2D eigenvalue weighted by Gasteiger charge is 2.39. The van der Waals surface area contributed by atoms with Crippen molar-refractivity contribution in [2.45, 2.75) is 46.1 Å². The monoisotopic (exact) mass is 490 g/mol. The highest BCUT2D eigenvalue weighted by molar-refractivity contribution is 14.1. The van der Waals surface area contributed by atoms with Gasteiger partial charge >= 0.3 is 12.1 Å². The van der Waals surface area contributed by atoms with E-state index in [1.807, 2.05) is 27.7 Å². The predicted molar refractivity (Wildman–Crippen MR) is 110 cm³/mol. The molecule has 150 valence electrons. The fraction of sp³-hybridized carbons (Fsp3) is 0.667. The number of hydrogen-bond donors (Lipinski definition) is 1. The molecule has 0 bridgehead atoms. The number of halogens is 1. The lowest BCUT2D eigenvalue weighted by molar-refractivity contribution is -0.140. The van der Waals surface area contributed by atoms with Crippen molar-refractivity contribution < 1.29 is 19.4 Å². The molecule has 0 radical (unpaired) electrons. The number of carbonyl (C=O) groups excluding carboxylic acids is 1. The van der Waals surface area contributed by atoms with Crippen LogP contribution in [0.1, 0.15) is 45.6 Å². The summed E-state index contributed by atoms with van der Waals surface area (Å²) in [5, 5.41) is 9.57. The highest BCUT2D eigenvalue weighted by Crippen LogP contribution is 2.35. The van der Waals surface area contributed by atoms with Gasteiger partial charge in [0.1, 0.15) is 15.8 Å². The fourth-order valence-electron chi connectivity index (χ4n) is 3.42. The lowest BCUT2D eigenvalue weighted by Gasteiger charge is -2.46. The molecular formula is C18H27IN4O4. The van der Waals surface area contributed by atoms with Crippen LogP contribution in [0.3, 0.4) is 0 Å². The van der Waals surface area contributed by atoms with E-state index in [0.717, 1.165) is 15.1 Å². The van der Waals surface area contributed by atoms with Gasteiger partial charge < -0.3 is 19.6 Å². The van der Waals surface area contributed by atoms with E-state index in [4.69, 9.17) is 4.74 Å². The van der Waals surface area contributed by atoms with Gasteiger partial charge in [-0.3, -0.25) is 4.79 Å². The lowest BCUT2D eigenvalue weighted by atomic mass is 9.84. The number of hydrogen-bond acceptors (Lipinski definition) is 6. The summed E-state index contributed by atoms with van der Waals surface area (Å²) in [6.45, 7) is 9.58. The summed E-state index contributed by atoms with van der Waals surface area (Å²) < 4.78 is 5.60. The minimum Gasteiger partial charge on any atom is -0.469 e. The molecule has 0 aliphatic carbocycles. The Kier molecular flexibility index (Phi) is 6.87. The maximum atomic E-state index is 11.7. The Labute approximate surface area is 173 Å². The molecule has 1 aromatic heterocycles. The van der Waals surface area contributed by atoms with Crippen LogP contribution < -0.4 is 4.90 Å². The summed E-state index contributed by atoms with van der Waals surface area (Å²) in [7, 11) is 1.38. The number of nitrogens with zero attached hydrogens (tertiary/aromatic N) is 4. The summed E-state index contributed by atoms with van der Waals surface area (Å²) in [5.74, 6) is 0.382. The Morgan fingerprint density at radius 3 is 2.59 bits per heavy atom. The van der Waals surface area contributed by atoms with Crippen LogP contribution in [0.2, 0.25) is 0 Å². The van der Waals surface area contributed by atoms with Gasteiger partial charge in [0.15, 0.2) is 0 Å². The van der Waals surface area contributed by atoms with E-state index in [1.54, 1.807) is 0 Å². The molecule has 0 aromatic carbocycles. The largest absolute Gasteiger partial charge is 0.469 e. The Morgan fingerprint density at radius 1 is 1.37 bits per heavy atom. The van der Waals surface area contributed by atoms with Gasteiger partial charge in [-0.2, -0.15) is 0 Å². The minimum absolute atomic E-state index is 0.105. The Morgan fingerprint density at radius 2 is 2.04 bits per heavy atom. The van der Waals surface area contributed by atoms with Crippen molar-refractivity contribution in [1.29, 1.82) is 0 Å². The molecular weight excluding hydrogens is 463 g/mol. The highest BCUT2D eigenvalue weighted by atomic mass is 127. The molecule has 2 rings (SSSR count). The molecule has 1 amide bonds. The third-order valence-electron chi connectivity index (χ3n) is 4.93. The summed E-state index contributed by atoms with van der Waals surface area (Å²) >= 11 is 2.16. The molecule has 1 aliphatic rings. The van der Waals surface area contributed by atoms with Gasteiger partial charge in [0.25, 0.3) is 0 Å². The van der Waals surface area contributed by atoms with E-state index in [-0.39, 0.29) is 29.8 Å². The smallest absolute Gasteiger partial charge is 0.407 e. The molecule has 2 atom stereocenters. The fourth-order valence-corrected chi connectivity index (χ4v) is 4.32. The van der Waals surface area contributed by atoms with E-state index in [2.05, 4.69) is 37.5 Å². The number of carboxylic acid groups (broad SMARTS) is 1. The quantitative estimate of drug-likeness (QED) is 0.394. The second-order valence-electron chi connectivity index (χ2n) is 7.89. The molecule has 1 aliphatic heterocycles. The van der Waals surface area contributed by atoms with Crippen LogP contribution in [0.5, 0.6) is 0 Å². The number of aromatic nitrogens is 2. The van der Waals surface area contributed by atoms with E-state index >= 15 is 0 Å². The van der Waals surface area contributed by atoms with Gasteiger partial charge in [-0.15, -0.1) is 0 Å². The third-order valence-corrected chi connectivity index (χ3v) is 5.79. The van der Waals surface area contributed by atoms with Crippen LogP contribution in [0.25, 0.3) is 0 Å². The summed E-state index contributed by atoms with van der Waals surface area (Å²) in [6.07, 6.45) is 0.859. The first kappa shape index (κ1) is 21.6. The predicted octanol–water partition coefficient (Wildman–Crippen LogP) is 2.96. The number of anilines is 1. The van der Waals surface area contributed by atoms with Crippen LogP contribution in [0.15, 0.2) is 6.33 Å². The Balaban J connectivity index is 2.37. The molecule has 0 spiro atoms. The van der Waals surface area contributed by atoms with Crippen molar-refractivity contribution in [3.8, 4) is 0 Å². The molecule has 1 saturated heterocycles. The zero-order valence-electron chi connectivity index (χ0n) is 16.4. The summed E-state index contributed by atoms with van der Waals surface area (Å²) in [5.41, 5.74) is 0.689. The minimum atomic E-state index is -0.897. The number of esters is 1. The van der Waals surface area contributed by atoms with E-state index < -0.39 is 6.09 Å². The van der Waals surface area contributed by atoms with Gasteiger partial charge in [0.2, 0.25) is 0 Å². The van der Waals surface area contributed by atoms with Crippen molar-refractivity contribution in [1.82, 2.24) is 14.9 Å². The molecule has 0 saturated carbocycles. The molecule has 8 nitrogen and oxygen atoms in total. The van der Waals surface area contributed by atoms with Crippen LogP contribution in [0, 0.1) is 9.12 Å². The van der Waals surface area contributed by atoms with Crippen molar-refractivity contribution in [2.75, 3.05) is 31.6 Å². The molecule has 1 unspecified atom stereocenters. The second-order valence-corrected chi connectivity index (χ2v) is 8.91. The average molecular weight is 490 g/mol. The Hall–Kier alpha value is -1.65. The maximum Gasteiger partial charge on any atom is 0.407 e. The molecule has 1 aromatic rings. The number of ether oxygens (including phenoxy) is 1. The number of amides is 1. The van der Waals surface area contributed by atoms with E-state index in [1.165, 1.54) is 18.3 Å².